The van der Waals surface area contributed by atoms with Gasteiger partial charge in [0.25, 0.3) is 5.91 Å². The number of benzene rings is 1. The second-order valence-corrected chi connectivity index (χ2v) is 6.14. The molecule has 0 aliphatic carbocycles. The maximum Gasteiger partial charge on any atom is 0.257 e. The van der Waals surface area contributed by atoms with Gasteiger partial charge in [-0.3, -0.25) is 4.79 Å². The lowest BCUT2D eigenvalue weighted by Gasteiger charge is -2.30. The third-order valence-corrected chi connectivity index (χ3v) is 5.41. The lowest BCUT2D eigenvalue weighted by Crippen LogP contribution is -2.51. The summed E-state index contributed by atoms with van der Waals surface area (Å²) in [5.74, 6) is -2.54. The molecule has 1 aromatic rings. The van der Waals surface area contributed by atoms with Crippen LogP contribution in [0.1, 0.15) is 23.7 Å². The molecule has 0 aromatic heterocycles. The normalized spacial score (nSPS) is 11.5. The number of amides is 1. The third-order valence-electron chi connectivity index (χ3n) is 2.80. The minimum atomic E-state index is -0.890. The monoisotopic (exact) mass is 461 g/mol. The molecule has 0 aliphatic rings. The van der Waals surface area contributed by atoms with Crippen LogP contribution in [-0.4, -0.2) is 22.1 Å². The van der Waals surface area contributed by atoms with Crippen LogP contribution in [0.3, 0.4) is 0 Å². The smallest absolute Gasteiger partial charge is 0.257 e. The summed E-state index contributed by atoms with van der Waals surface area (Å²) in [6, 6.07) is 2.13. The van der Waals surface area contributed by atoms with Gasteiger partial charge in [0.1, 0.15) is 17.2 Å². The molecule has 19 heavy (non-hydrogen) atoms. The van der Waals surface area contributed by atoms with Crippen LogP contribution >= 0.6 is 47.8 Å². The number of carbonyl (C=O) groups excluding carboxylic acids is 1. The van der Waals surface area contributed by atoms with E-state index in [9.17, 15) is 13.6 Å². The first kappa shape index (κ1) is 17.0. The summed E-state index contributed by atoms with van der Waals surface area (Å²) in [5, 5.41) is 3.63. The average Bonchev–Trinajstić information content (AvgIpc) is 2.35. The Labute approximate surface area is 135 Å². The minimum absolute atomic E-state index is 0.252. The molecule has 0 spiro atoms. The van der Waals surface area contributed by atoms with E-state index in [0.717, 1.165) is 12.1 Å². The predicted octanol–water partition coefficient (Wildman–Crippen LogP) is 4.40. The van der Waals surface area contributed by atoms with E-state index in [-0.39, 0.29) is 4.47 Å². The first-order chi connectivity index (χ1) is 8.89. The molecule has 0 aliphatic heterocycles. The lowest BCUT2D eigenvalue weighted by molar-refractivity contribution is 0.0906. The minimum Gasteiger partial charge on any atom is -0.345 e. The van der Waals surface area contributed by atoms with Crippen LogP contribution in [-0.2, 0) is 0 Å². The maximum absolute atomic E-state index is 13.7. The van der Waals surface area contributed by atoms with Gasteiger partial charge >= 0.3 is 0 Å². The van der Waals surface area contributed by atoms with Crippen molar-refractivity contribution in [2.45, 2.75) is 18.9 Å². The zero-order chi connectivity index (χ0) is 14.6. The molecule has 0 unspecified atom stereocenters. The van der Waals surface area contributed by atoms with Gasteiger partial charge in [-0.2, -0.15) is 0 Å². The van der Waals surface area contributed by atoms with Crippen molar-refractivity contribution in [1.29, 1.82) is 0 Å². The molecular formula is C12H12Br3F2NO. The van der Waals surface area contributed by atoms with Crippen LogP contribution in [0, 0.1) is 11.6 Å². The predicted molar refractivity (Wildman–Crippen MR) is 82.1 cm³/mol. The van der Waals surface area contributed by atoms with Crippen LogP contribution in [0.25, 0.3) is 0 Å². The summed E-state index contributed by atoms with van der Waals surface area (Å²) in [5.41, 5.74) is -1.15. The zero-order valence-electron chi connectivity index (χ0n) is 10.1. The topological polar surface area (TPSA) is 29.1 Å². The zero-order valence-corrected chi connectivity index (χ0v) is 14.8. The standard InChI is InChI=1S/C12H12Br3F2NO/c1-2-12(5-13,6-14)18-11(19)10-8(16)3-7(15)4-9(10)17/h3-4H,2,5-6H2,1H3,(H,18,19). The van der Waals surface area contributed by atoms with Gasteiger partial charge in [0.2, 0.25) is 0 Å². The molecule has 0 atom stereocenters. The first-order valence-corrected chi connectivity index (χ1v) is 8.51. The van der Waals surface area contributed by atoms with Crippen molar-refractivity contribution in [2.24, 2.45) is 0 Å². The summed E-state index contributed by atoms with van der Waals surface area (Å²) < 4.78 is 27.6. The van der Waals surface area contributed by atoms with E-state index < -0.39 is 28.6 Å². The fraction of sp³-hybridized carbons (Fsp3) is 0.417. The molecule has 106 valence electrons. The molecule has 0 heterocycles. The summed E-state index contributed by atoms with van der Waals surface area (Å²) in [6.07, 6.45) is 0.620. The highest BCUT2D eigenvalue weighted by Gasteiger charge is 2.30. The van der Waals surface area contributed by atoms with Gasteiger partial charge in [-0.25, -0.2) is 8.78 Å². The summed E-state index contributed by atoms with van der Waals surface area (Å²) in [6.45, 7) is 1.89. The van der Waals surface area contributed by atoms with Crippen LogP contribution in [0.5, 0.6) is 0 Å². The van der Waals surface area contributed by atoms with Crippen molar-refractivity contribution in [2.75, 3.05) is 10.7 Å². The molecule has 0 fully saturated rings. The SMILES string of the molecule is CCC(CBr)(CBr)NC(=O)c1c(F)cc(Br)cc1F. The highest BCUT2D eigenvalue weighted by atomic mass is 79.9. The Bertz CT molecular complexity index is 447. The van der Waals surface area contributed by atoms with Gasteiger partial charge in [-0.1, -0.05) is 54.7 Å². The highest BCUT2D eigenvalue weighted by molar-refractivity contribution is 9.10. The molecule has 0 bridgehead atoms. The van der Waals surface area contributed by atoms with E-state index in [0.29, 0.717) is 17.1 Å². The van der Waals surface area contributed by atoms with Crippen LogP contribution in [0.15, 0.2) is 16.6 Å². The maximum atomic E-state index is 13.7. The van der Waals surface area contributed by atoms with E-state index in [1.165, 1.54) is 0 Å². The van der Waals surface area contributed by atoms with Crippen molar-refractivity contribution in [3.63, 3.8) is 0 Å². The highest BCUT2D eigenvalue weighted by Crippen LogP contribution is 2.22. The molecule has 0 saturated heterocycles. The van der Waals surface area contributed by atoms with E-state index in [2.05, 4.69) is 53.1 Å². The van der Waals surface area contributed by atoms with Gasteiger partial charge in [0.05, 0.1) is 5.54 Å². The van der Waals surface area contributed by atoms with Crippen LogP contribution < -0.4 is 5.32 Å². The second kappa shape index (κ2) is 7.13. The summed E-state index contributed by atoms with van der Waals surface area (Å²) in [7, 11) is 0. The van der Waals surface area contributed by atoms with E-state index >= 15 is 0 Å². The number of nitrogens with one attached hydrogen (secondary N) is 1. The molecule has 1 N–H and O–H groups in total. The Balaban J connectivity index is 3.08. The van der Waals surface area contributed by atoms with Crippen molar-refractivity contribution < 1.29 is 13.6 Å². The van der Waals surface area contributed by atoms with Crippen molar-refractivity contribution in [1.82, 2.24) is 5.32 Å². The Morgan fingerprint density at radius 3 is 2.11 bits per heavy atom. The Kier molecular flexibility index (Phi) is 6.39. The van der Waals surface area contributed by atoms with E-state index in [1.807, 2.05) is 6.92 Å². The lowest BCUT2D eigenvalue weighted by atomic mass is 10.0. The number of hydrogen-bond donors (Lipinski definition) is 1. The van der Waals surface area contributed by atoms with Crippen molar-refractivity contribution in [3.05, 3.63) is 33.8 Å². The Morgan fingerprint density at radius 1 is 1.26 bits per heavy atom. The van der Waals surface area contributed by atoms with Crippen molar-refractivity contribution in [3.8, 4) is 0 Å². The molecule has 1 rings (SSSR count). The quantitative estimate of drug-likeness (QED) is 0.644. The van der Waals surface area contributed by atoms with Gasteiger partial charge in [0.15, 0.2) is 0 Å². The summed E-state index contributed by atoms with van der Waals surface area (Å²) in [4.78, 5) is 12.0. The van der Waals surface area contributed by atoms with Gasteiger partial charge < -0.3 is 5.32 Å². The van der Waals surface area contributed by atoms with Crippen LogP contribution in [0.2, 0.25) is 0 Å². The molecule has 0 radical (unpaired) electrons. The molecule has 0 saturated carbocycles. The fourth-order valence-corrected chi connectivity index (χ4v) is 3.85. The molecule has 1 amide bonds. The Morgan fingerprint density at radius 2 is 1.74 bits per heavy atom. The van der Waals surface area contributed by atoms with Gasteiger partial charge in [0, 0.05) is 15.1 Å². The van der Waals surface area contributed by atoms with E-state index in [1.54, 1.807) is 0 Å². The van der Waals surface area contributed by atoms with Crippen molar-refractivity contribution >= 4 is 53.7 Å². The number of alkyl halides is 2. The average molecular weight is 464 g/mol. The van der Waals surface area contributed by atoms with Crippen LogP contribution in [0.4, 0.5) is 8.78 Å². The van der Waals surface area contributed by atoms with Gasteiger partial charge in [-0.15, -0.1) is 0 Å². The Hall–Kier alpha value is -0.0100. The van der Waals surface area contributed by atoms with E-state index in [4.69, 9.17) is 0 Å². The number of hydrogen-bond acceptors (Lipinski definition) is 1. The first-order valence-electron chi connectivity index (χ1n) is 5.48. The van der Waals surface area contributed by atoms with Gasteiger partial charge in [-0.05, 0) is 18.6 Å². The third kappa shape index (κ3) is 3.98. The molecule has 1 aromatic carbocycles. The largest absolute Gasteiger partial charge is 0.345 e. The molecule has 7 heteroatoms. The number of halogens is 5. The molecular weight excluding hydrogens is 452 g/mol. The fourth-order valence-electron chi connectivity index (χ4n) is 1.44. The molecule has 2 nitrogen and oxygen atoms in total. The number of carbonyl (C=O) groups is 1. The second-order valence-electron chi connectivity index (χ2n) is 4.10. The number of rotatable bonds is 5. The summed E-state index contributed by atoms with van der Waals surface area (Å²) >= 11 is 9.58.